The molecule has 1 aromatic rings. The van der Waals surface area contributed by atoms with Gasteiger partial charge in [-0.05, 0) is 31.9 Å². The summed E-state index contributed by atoms with van der Waals surface area (Å²) in [5.74, 6) is 0.294. The number of nitrogens with one attached hydrogen (secondary N) is 1. The minimum atomic E-state index is 0. The zero-order chi connectivity index (χ0) is 12.8. The predicted octanol–water partition coefficient (Wildman–Crippen LogP) is 2.25. The smallest absolute Gasteiger partial charge is 0.224 e. The molecule has 4 heteroatoms. The van der Waals surface area contributed by atoms with E-state index in [0.717, 1.165) is 32.4 Å². The Balaban J connectivity index is 0.00000180. The van der Waals surface area contributed by atoms with Crippen LogP contribution in [-0.2, 0) is 11.2 Å². The van der Waals surface area contributed by atoms with Gasteiger partial charge in [0.1, 0.15) is 0 Å². The number of rotatable bonds is 5. The first-order valence-electron chi connectivity index (χ1n) is 6.79. The summed E-state index contributed by atoms with van der Waals surface area (Å²) in [6.07, 6.45) is 3.89. The van der Waals surface area contributed by atoms with E-state index in [9.17, 15) is 4.79 Å². The first-order chi connectivity index (χ1) is 8.81. The lowest BCUT2D eigenvalue weighted by Crippen LogP contribution is -2.37. The fourth-order valence-electron chi connectivity index (χ4n) is 2.64. The Bertz CT molecular complexity index is 383. The van der Waals surface area contributed by atoms with Crippen LogP contribution in [0, 0.1) is 0 Å². The molecule has 0 aliphatic carbocycles. The highest BCUT2D eigenvalue weighted by atomic mass is 35.5. The monoisotopic (exact) mass is 282 g/mol. The van der Waals surface area contributed by atoms with Crippen molar-refractivity contribution >= 4 is 18.3 Å². The third-order valence-corrected chi connectivity index (χ3v) is 3.60. The minimum absolute atomic E-state index is 0. The molecule has 0 radical (unpaired) electrons. The van der Waals surface area contributed by atoms with Crippen molar-refractivity contribution in [3.63, 3.8) is 0 Å². The maximum atomic E-state index is 12.1. The molecule has 1 saturated heterocycles. The first-order valence-corrected chi connectivity index (χ1v) is 6.79. The molecule has 1 N–H and O–H groups in total. The van der Waals surface area contributed by atoms with Crippen molar-refractivity contribution in [1.29, 1.82) is 0 Å². The second-order valence-corrected chi connectivity index (χ2v) is 4.93. The van der Waals surface area contributed by atoms with Gasteiger partial charge in [-0.15, -0.1) is 12.4 Å². The zero-order valence-electron chi connectivity index (χ0n) is 11.5. The SMILES string of the molecule is CNCCC(=O)N1CCCC1Cc1ccccc1.Cl. The maximum Gasteiger partial charge on any atom is 0.224 e. The molecule has 0 bridgehead atoms. The molecule has 1 amide bonds. The van der Waals surface area contributed by atoms with E-state index in [1.807, 2.05) is 13.1 Å². The van der Waals surface area contributed by atoms with Gasteiger partial charge in [-0.25, -0.2) is 0 Å². The fourth-order valence-corrected chi connectivity index (χ4v) is 2.64. The molecule has 0 aromatic heterocycles. The zero-order valence-corrected chi connectivity index (χ0v) is 12.3. The van der Waals surface area contributed by atoms with Crippen LogP contribution in [0.5, 0.6) is 0 Å². The third-order valence-electron chi connectivity index (χ3n) is 3.60. The Hall–Kier alpha value is -1.06. The van der Waals surface area contributed by atoms with Crippen molar-refractivity contribution < 1.29 is 4.79 Å². The summed E-state index contributed by atoms with van der Waals surface area (Å²) in [6.45, 7) is 1.70. The van der Waals surface area contributed by atoms with E-state index in [1.165, 1.54) is 5.56 Å². The van der Waals surface area contributed by atoms with Gasteiger partial charge in [-0.2, -0.15) is 0 Å². The van der Waals surface area contributed by atoms with Crippen LogP contribution in [-0.4, -0.2) is 37.0 Å². The number of halogens is 1. The Morgan fingerprint density at radius 2 is 2.11 bits per heavy atom. The van der Waals surface area contributed by atoms with Crippen LogP contribution >= 0.6 is 12.4 Å². The molecule has 1 atom stereocenters. The van der Waals surface area contributed by atoms with Crippen molar-refractivity contribution in [2.45, 2.75) is 31.7 Å². The molecule has 1 heterocycles. The van der Waals surface area contributed by atoms with Gasteiger partial charge in [0.2, 0.25) is 5.91 Å². The number of benzene rings is 1. The Labute approximate surface area is 121 Å². The number of hydrogen-bond donors (Lipinski definition) is 1. The highest BCUT2D eigenvalue weighted by molar-refractivity contribution is 5.85. The number of likely N-dealkylation sites (tertiary alicyclic amines) is 1. The quantitative estimate of drug-likeness (QED) is 0.898. The number of carbonyl (C=O) groups excluding carboxylic acids is 1. The van der Waals surface area contributed by atoms with Gasteiger partial charge in [0.05, 0.1) is 0 Å². The molecule has 2 rings (SSSR count). The lowest BCUT2D eigenvalue weighted by molar-refractivity contribution is -0.131. The normalized spacial score (nSPS) is 18.2. The molecular weight excluding hydrogens is 260 g/mol. The maximum absolute atomic E-state index is 12.1. The van der Waals surface area contributed by atoms with E-state index in [4.69, 9.17) is 0 Å². The van der Waals surface area contributed by atoms with Crippen molar-refractivity contribution in [2.75, 3.05) is 20.1 Å². The second-order valence-electron chi connectivity index (χ2n) is 4.93. The topological polar surface area (TPSA) is 32.3 Å². The van der Waals surface area contributed by atoms with Crippen LogP contribution in [0.4, 0.5) is 0 Å². The summed E-state index contributed by atoms with van der Waals surface area (Å²) >= 11 is 0. The van der Waals surface area contributed by atoms with Crippen molar-refractivity contribution in [1.82, 2.24) is 10.2 Å². The van der Waals surface area contributed by atoms with E-state index < -0.39 is 0 Å². The van der Waals surface area contributed by atoms with Crippen LogP contribution in [0.25, 0.3) is 0 Å². The highest BCUT2D eigenvalue weighted by Gasteiger charge is 2.27. The lowest BCUT2D eigenvalue weighted by Gasteiger charge is -2.25. The molecule has 1 aliphatic heterocycles. The first kappa shape index (κ1) is 16.0. The summed E-state index contributed by atoms with van der Waals surface area (Å²) < 4.78 is 0. The van der Waals surface area contributed by atoms with Gasteiger partial charge in [-0.1, -0.05) is 30.3 Å². The van der Waals surface area contributed by atoms with Crippen molar-refractivity contribution in [3.8, 4) is 0 Å². The van der Waals surface area contributed by atoms with Crippen LogP contribution in [0.1, 0.15) is 24.8 Å². The summed E-state index contributed by atoms with van der Waals surface area (Å²) in [6, 6.07) is 10.9. The standard InChI is InChI=1S/C15H22N2O.ClH/c1-16-10-9-15(18)17-11-5-8-14(17)12-13-6-3-2-4-7-13;/h2-4,6-7,14,16H,5,8-12H2,1H3;1H. The second kappa shape index (κ2) is 8.18. The van der Waals surface area contributed by atoms with E-state index in [0.29, 0.717) is 18.4 Å². The molecule has 1 fully saturated rings. The Morgan fingerprint density at radius 1 is 1.37 bits per heavy atom. The van der Waals surface area contributed by atoms with E-state index in [-0.39, 0.29) is 12.4 Å². The Morgan fingerprint density at radius 3 is 2.79 bits per heavy atom. The molecular formula is C15H23ClN2O. The predicted molar refractivity (Wildman–Crippen MR) is 80.7 cm³/mol. The van der Waals surface area contributed by atoms with Gasteiger partial charge >= 0.3 is 0 Å². The summed E-state index contributed by atoms with van der Waals surface area (Å²) in [5, 5.41) is 3.04. The lowest BCUT2D eigenvalue weighted by atomic mass is 10.0. The summed E-state index contributed by atoms with van der Waals surface area (Å²) in [5.41, 5.74) is 1.33. The number of carbonyl (C=O) groups is 1. The molecule has 19 heavy (non-hydrogen) atoms. The van der Waals surface area contributed by atoms with Crippen molar-refractivity contribution in [2.24, 2.45) is 0 Å². The van der Waals surface area contributed by atoms with E-state index in [2.05, 4.69) is 34.5 Å². The minimum Gasteiger partial charge on any atom is -0.339 e. The van der Waals surface area contributed by atoms with Gasteiger partial charge in [0, 0.05) is 25.6 Å². The summed E-state index contributed by atoms with van der Waals surface area (Å²) in [7, 11) is 1.89. The van der Waals surface area contributed by atoms with Crippen LogP contribution in [0.15, 0.2) is 30.3 Å². The van der Waals surface area contributed by atoms with E-state index in [1.54, 1.807) is 0 Å². The largest absolute Gasteiger partial charge is 0.339 e. The van der Waals surface area contributed by atoms with Gasteiger partial charge in [0.25, 0.3) is 0 Å². The average Bonchev–Trinajstić information content (AvgIpc) is 2.85. The highest BCUT2D eigenvalue weighted by Crippen LogP contribution is 2.21. The molecule has 3 nitrogen and oxygen atoms in total. The Kier molecular flexibility index (Phi) is 6.89. The molecule has 1 unspecified atom stereocenters. The average molecular weight is 283 g/mol. The van der Waals surface area contributed by atoms with Gasteiger partial charge in [0.15, 0.2) is 0 Å². The molecule has 106 valence electrons. The van der Waals surface area contributed by atoms with Crippen LogP contribution < -0.4 is 5.32 Å². The van der Waals surface area contributed by atoms with Crippen molar-refractivity contribution in [3.05, 3.63) is 35.9 Å². The van der Waals surface area contributed by atoms with E-state index >= 15 is 0 Å². The van der Waals surface area contributed by atoms with Crippen LogP contribution in [0.3, 0.4) is 0 Å². The number of amides is 1. The molecule has 0 spiro atoms. The van der Waals surface area contributed by atoms with Gasteiger partial charge in [-0.3, -0.25) is 4.79 Å². The van der Waals surface area contributed by atoms with Crippen LogP contribution in [0.2, 0.25) is 0 Å². The third kappa shape index (κ3) is 4.51. The molecule has 0 saturated carbocycles. The molecule has 1 aliphatic rings. The summed E-state index contributed by atoms with van der Waals surface area (Å²) in [4.78, 5) is 14.2. The molecule has 1 aromatic carbocycles. The number of nitrogens with zero attached hydrogens (tertiary/aromatic N) is 1. The van der Waals surface area contributed by atoms with Gasteiger partial charge < -0.3 is 10.2 Å². The fraction of sp³-hybridized carbons (Fsp3) is 0.533. The number of hydrogen-bond acceptors (Lipinski definition) is 2.